The van der Waals surface area contributed by atoms with Gasteiger partial charge in [-0.05, 0) is 59.9 Å². The smallest absolute Gasteiger partial charge is 0.0438 e. The number of rotatable bonds is 8. The van der Waals surface area contributed by atoms with Gasteiger partial charge in [0, 0.05) is 17.3 Å². The molecule has 0 fully saturated rings. The number of pyridine rings is 1. The Bertz CT molecular complexity index is 866. The zero-order valence-electron chi connectivity index (χ0n) is 17.7. The standard InChI is InChI=1S/C27H33N/c1-20(2)25-13-8-12-24(19-25)18-22(4)27-15-9-14-26(28-27)17-21(3)16-23-10-6-5-7-11-23/h5-15,19-22H,16-18H2,1-4H3. The first-order chi connectivity index (χ1) is 13.5. The molecule has 0 radical (unpaired) electrons. The summed E-state index contributed by atoms with van der Waals surface area (Å²) in [5.74, 6) is 1.58. The van der Waals surface area contributed by atoms with Gasteiger partial charge in [0.15, 0.2) is 0 Å². The molecule has 2 unspecified atom stereocenters. The van der Waals surface area contributed by atoms with Crippen LogP contribution in [0.25, 0.3) is 0 Å². The van der Waals surface area contributed by atoms with Crippen LogP contribution in [0.5, 0.6) is 0 Å². The molecule has 1 heteroatoms. The quantitative estimate of drug-likeness (QED) is 0.416. The highest BCUT2D eigenvalue weighted by Gasteiger charge is 2.12. The van der Waals surface area contributed by atoms with Crippen molar-refractivity contribution in [3.8, 4) is 0 Å². The third-order valence-electron chi connectivity index (χ3n) is 5.48. The summed E-state index contributed by atoms with van der Waals surface area (Å²) in [6.45, 7) is 9.12. The Morgan fingerprint density at radius 3 is 2.14 bits per heavy atom. The first kappa shape index (κ1) is 20.3. The van der Waals surface area contributed by atoms with E-state index in [4.69, 9.17) is 4.98 Å². The second kappa shape index (κ2) is 9.68. The van der Waals surface area contributed by atoms with Gasteiger partial charge in [-0.1, -0.05) is 88.4 Å². The van der Waals surface area contributed by atoms with Crippen LogP contribution in [0.1, 0.15) is 67.6 Å². The van der Waals surface area contributed by atoms with E-state index >= 15 is 0 Å². The van der Waals surface area contributed by atoms with Gasteiger partial charge in [-0.25, -0.2) is 0 Å². The fourth-order valence-corrected chi connectivity index (χ4v) is 3.87. The minimum Gasteiger partial charge on any atom is -0.258 e. The minimum atomic E-state index is 0.423. The molecule has 0 bridgehead atoms. The number of hydrogen-bond acceptors (Lipinski definition) is 1. The van der Waals surface area contributed by atoms with E-state index in [0.717, 1.165) is 19.3 Å². The Morgan fingerprint density at radius 2 is 1.39 bits per heavy atom. The number of benzene rings is 2. The summed E-state index contributed by atoms with van der Waals surface area (Å²) in [4.78, 5) is 5.01. The van der Waals surface area contributed by atoms with Gasteiger partial charge in [0.25, 0.3) is 0 Å². The highest BCUT2D eigenvalue weighted by Crippen LogP contribution is 2.23. The minimum absolute atomic E-state index is 0.423. The molecule has 2 aromatic carbocycles. The molecule has 0 aliphatic carbocycles. The highest BCUT2D eigenvalue weighted by atomic mass is 14.7. The van der Waals surface area contributed by atoms with Crippen LogP contribution in [-0.4, -0.2) is 4.98 Å². The van der Waals surface area contributed by atoms with E-state index in [1.807, 2.05) is 0 Å². The molecule has 1 nitrogen and oxygen atoms in total. The Hall–Kier alpha value is -2.41. The van der Waals surface area contributed by atoms with Crippen LogP contribution in [0.15, 0.2) is 72.8 Å². The molecule has 1 heterocycles. The number of aromatic nitrogens is 1. The Morgan fingerprint density at radius 1 is 0.679 bits per heavy atom. The molecule has 28 heavy (non-hydrogen) atoms. The molecule has 0 saturated carbocycles. The molecule has 0 saturated heterocycles. The van der Waals surface area contributed by atoms with Crippen molar-refractivity contribution in [1.82, 2.24) is 4.98 Å². The van der Waals surface area contributed by atoms with E-state index in [0.29, 0.717) is 17.8 Å². The molecule has 0 amide bonds. The van der Waals surface area contributed by atoms with Gasteiger partial charge in [-0.3, -0.25) is 4.98 Å². The van der Waals surface area contributed by atoms with Gasteiger partial charge in [-0.15, -0.1) is 0 Å². The van der Waals surface area contributed by atoms with Crippen molar-refractivity contribution in [3.63, 3.8) is 0 Å². The van der Waals surface area contributed by atoms with Crippen LogP contribution in [0.3, 0.4) is 0 Å². The second-order valence-corrected chi connectivity index (χ2v) is 8.56. The predicted octanol–water partition coefficient (Wildman–Crippen LogP) is 6.97. The molecule has 3 aromatic rings. The van der Waals surface area contributed by atoms with Gasteiger partial charge in [0.2, 0.25) is 0 Å². The van der Waals surface area contributed by atoms with Crippen LogP contribution in [0.4, 0.5) is 0 Å². The van der Waals surface area contributed by atoms with E-state index < -0.39 is 0 Å². The third kappa shape index (κ3) is 5.79. The molecular weight excluding hydrogens is 338 g/mol. The first-order valence-electron chi connectivity index (χ1n) is 10.6. The zero-order valence-corrected chi connectivity index (χ0v) is 17.7. The molecule has 2 atom stereocenters. The van der Waals surface area contributed by atoms with Gasteiger partial charge in [0.1, 0.15) is 0 Å². The van der Waals surface area contributed by atoms with Crippen LogP contribution in [-0.2, 0) is 19.3 Å². The van der Waals surface area contributed by atoms with Gasteiger partial charge in [-0.2, -0.15) is 0 Å². The largest absolute Gasteiger partial charge is 0.258 e. The summed E-state index contributed by atoms with van der Waals surface area (Å²) in [5, 5.41) is 0. The second-order valence-electron chi connectivity index (χ2n) is 8.56. The molecule has 0 N–H and O–H groups in total. The van der Waals surface area contributed by atoms with Gasteiger partial charge >= 0.3 is 0 Å². The first-order valence-corrected chi connectivity index (χ1v) is 10.6. The Balaban J connectivity index is 1.64. The molecule has 1 aromatic heterocycles. The maximum Gasteiger partial charge on any atom is 0.0438 e. The van der Waals surface area contributed by atoms with Crippen molar-refractivity contribution in [2.24, 2.45) is 5.92 Å². The lowest BCUT2D eigenvalue weighted by atomic mass is 9.93. The van der Waals surface area contributed by atoms with Gasteiger partial charge < -0.3 is 0 Å². The summed E-state index contributed by atoms with van der Waals surface area (Å²) in [6, 6.07) is 26.3. The number of nitrogens with zero attached hydrogens (tertiary/aromatic N) is 1. The summed E-state index contributed by atoms with van der Waals surface area (Å²) in [7, 11) is 0. The van der Waals surface area contributed by atoms with Crippen LogP contribution < -0.4 is 0 Å². The lowest BCUT2D eigenvalue weighted by Gasteiger charge is -2.16. The lowest BCUT2D eigenvalue weighted by molar-refractivity contribution is 0.565. The lowest BCUT2D eigenvalue weighted by Crippen LogP contribution is -2.08. The molecule has 146 valence electrons. The molecule has 0 aliphatic heterocycles. The van der Waals surface area contributed by atoms with Gasteiger partial charge in [0.05, 0.1) is 0 Å². The molecular formula is C27H33N. The third-order valence-corrected chi connectivity index (χ3v) is 5.48. The average Bonchev–Trinajstić information content (AvgIpc) is 2.69. The summed E-state index contributed by atoms with van der Waals surface area (Å²) in [6.07, 6.45) is 3.17. The monoisotopic (exact) mass is 371 g/mol. The fourth-order valence-electron chi connectivity index (χ4n) is 3.87. The maximum atomic E-state index is 5.01. The maximum absolute atomic E-state index is 5.01. The zero-order chi connectivity index (χ0) is 19.9. The van der Waals surface area contributed by atoms with E-state index in [1.54, 1.807) is 0 Å². The van der Waals surface area contributed by atoms with E-state index in [1.165, 1.54) is 28.1 Å². The highest BCUT2D eigenvalue weighted by molar-refractivity contribution is 5.28. The van der Waals surface area contributed by atoms with Crippen molar-refractivity contribution in [1.29, 1.82) is 0 Å². The van der Waals surface area contributed by atoms with Crippen LogP contribution in [0.2, 0.25) is 0 Å². The van der Waals surface area contributed by atoms with Crippen LogP contribution >= 0.6 is 0 Å². The van der Waals surface area contributed by atoms with Crippen molar-refractivity contribution < 1.29 is 0 Å². The van der Waals surface area contributed by atoms with Crippen molar-refractivity contribution in [2.45, 2.75) is 58.8 Å². The van der Waals surface area contributed by atoms with E-state index in [9.17, 15) is 0 Å². The molecule has 3 rings (SSSR count). The summed E-state index contributed by atoms with van der Waals surface area (Å²) >= 11 is 0. The Labute approximate surface area is 170 Å². The fraction of sp³-hybridized carbons (Fsp3) is 0.370. The van der Waals surface area contributed by atoms with Crippen LogP contribution in [0, 0.1) is 5.92 Å². The van der Waals surface area contributed by atoms with Crippen molar-refractivity contribution in [2.75, 3.05) is 0 Å². The van der Waals surface area contributed by atoms with E-state index in [2.05, 4.69) is 100 Å². The average molecular weight is 372 g/mol. The number of hydrogen-bond donors (Lipinski definition) is 0. The van der Waals surface area contributed by atoms with Crippen molar-refractivity contribution in [3.05, 3.63) is 101 Å². The predicted molar refractivity (Wildman–Crippen MR) is 120 cm³/mol. The van der Waals surface area contributed by atoms with Crippen molar-refractivity contribution >= 4 is 0 Å². The topological polar surface area (TPSA) is 12.9 Å². The Kier molecular flexibility index (Phi) is 7.03. The molecule has 0 spiro atoms. The molecule has 0 aliphatic rings. The summed E-state index contributed by atoms with van der Waals surface area (Å²) < 4.78 is 0. The van der Waals surface area contributed by atoms with E-state index in [-0.39, 0.29) is 0 Å². The summed E-state index contributed by atoms with van der Waals surface area (Å²) in [5.41, 5.74) is 6.65. The SMILES string of the molecule is CC(Cc1ccccc1)Cc1cccc(C(C)Cc2cccc(C(C)C)c2)n1. The normalized spacial score (nSPS) is 13.5.